The first kappa shape index (κ1) is 28.1. The summed E-state index contributed by atoms with van der Waals surface area (Å²) in [7, 11) is 3.16. The molecule has 0 bridgehead atoms. The van der Waals surface area contributed by atoms with Crippen molar-refractivity contribution >= 4 is 23.2 Å². The lowest BCUT2D eigenvalue weighted by Gasteiger charge is -2.50. The van der Waals surface area contributed by atoms with Gasteiger partial charge in [-0.05, 0) is 87.1 Å². The van der Waals surface area contributed by atoms with E-state index in [1.54, 1.807) is 20.2 Å². The van der Waals surface area contributed by atoms with Crippen molar-refractivity contribution < 1.29 is 34.8 Å². The minimum atomic E-state index is -2.65. The van der Waals surface area contributed by atoms with Gasteiger partial charge in [0.15, 0.2) is 11.4 Å². The lowest BCUT2D eigenvalue weighted by atomic mass is 9.57. The van der Waals surface area contributed by atoms with Gasteiger partial charge in [0, 0.05) is 18.0 Å². The third-order valence-corrected chi connectivity index (χ3v) is 9.47. The van der Waals surface area contributed by atoms with E-state index in [1.807, 2.05) is 12.1 Å². The first-order valence-electron chi connectivity index (χ1n) is 14.3. The number of Topliss-reactive ketones (excluding diaryl/α,β-unsaturated/α-hetero) is 2. The number of carbonyl (C=O) groups is 3. The molecule has 1 saturated carbocycles. The molecule has 42 heavy (non-hydrogen) atoms. The van der Waals surface area contributed by atoms with Crippen LogP contribution < -0.4 is 5.73 Å². The van der Waals surface area contributed by atoms with Crippen LogP contribution in [0.25, 0.3) is 16.9 Å². The highest BCUT2D eigenvalue weighted by atomic mass is 16.3. The number of nitrogens with zero attached hydrogens (tertiary/aromatic N) is 2. The van der Waals surface area contributed by atoms with E-state index in [9.17, 15) is 34.8 Å². The van der Waals surface area contributed by atoms with E-state index in [4.69, 9.17) is 5.73 Å². The topological polar surface area (TPSA) is 165 Å². The lowest BCUT2D eigenvalue weighted by molar-refractivity contribution is -0.153. The van der Waals surface area contributed by atoms with Crippen LogP contribution in [-0.2, 0) is 27.3 Å². The molecule has 6 rings (SSSR count). The number of fused-ring (bicyclic) bond motifs is 3. The maximum Gasteiger partial charge on any atom is 0.255 e. The lowest BCUT2D eigenvalue weighted by Crippen LogP contribution is -2.65. The number of benzene rings is 2. The van der Waals surface area contributed by atoms with Crippen LogP contribution in [0.1, 0.15) is 36.0 Å². The van der Waals surface area contributed by atoms with Gasteiger partial charge in [-0.2, -0.15) is 0 Å². The van der Waals surface area contributed by atoms with Gasteiger partial charge < -0.3 is 26.2 Å². The minimum Gasteiger partial charge on any atom is -0.508 e. The zero-order valence-electron chi connectivity index (χ0n) is 23.6. The van der Waals surface area contributed by atoms with Crippen LogP contribution in [0.15, 0.2) is 53.3 Å². The Kier molecular flexibility index (Phi) is 6.75. The van der Waals surface area contributed by atoms with Gasteiger partial charge in [-0.25, -0.2) is 0 Å². The Morgan fingerprint density at radius 2 is 1.71 bits per heavy atom. The maximum atomic E-state index is 14.0. The van der Waals surface area contributed by atoms with Gasteiger partial charge >= 0.3 is 0 Å². The molecule has 0 aromatic heterocycles. The van der Waals surface area contributed by atoms with E-state index in [0.717, 1.165) is 30.8 Å². The van der Waals surface area contributed by atoms with Crippen molar-refractivity contribution in [2.24, 2.45) is 17.6 Å². The predicted molar refractivity (Wildman–Crippen MR) is 154 cm³/mol. The summed E-state index contributed by atoms with van der Waals surface area (Å²) < 4.78 is 0. The van der Waals surface area contributed by atoms with E-state index in [0.29, 0.717) is 5.56 Å². The molecule has 4 atom stereocenters. The van der Waals surface area contributed by atoms with Gasteiger partial charge in [-0.3, -0.25) is 24.2 Å². The van der Waals surface area contributed by atoms with Gasteiger partial charge in [0.1, 0.15) is 22.8 Å². The molecular weight excluding hydrogens is 538 g/mol. The molecule has 4 aliphatic rings. The van der Waals surface area contributed by atoms with Crippen molar-refractivity contribution in [1.82, 2.24) is 9.80 Å². The highest BCUT2D eigenvalue weighted by Gasteiger charge is 2.64. The zero-order chi connectivity index (χ0) is 30.1. The Bertz CT molecular complexity index is 1570. The standard InChI is InChI=1S/C32H35N3O7/c1-34(2)26-21-14-18-13-20-19(17-7-5-16(6-8-17)15-35-11-3-4-12-35)9-10-22(36)24(20)27(37)23(18)29(39)32(21,42)30(40)25(28(26)38)31(33)41/h5-10,18,21,26,36-37,40,42H,3-4,11-15H2,1-2H3,(H2,33,41). The summed E-state index contributed by atoms with van der Waals surface area (Å²) >= 11 is 0. The largest absolute Gasteiger partial charge is 0.508 e. The number of phenols is 1. The minimum absolute atomic E-state index is 0.0512. The zero-order valence-corrected chi connectivity index (χ0v) is 23.6. The van der Waals surface area contributed by atoms with Crippen LogP contribution in [0.3, 0.4) is 0 Å². The van der Waals surface area contributed by atoms with E-state index in [-0.39, 0.29) is 29.7 Å². The van der Waals surface area contributed by atoms with Crippen molar-refractivity contribution in [1.29, 1.82) is 0 Å². The number of aliphatic hydroxyl groups is 3. The monoisotopic (exact) mass is 573 g/mol. The summed E-state index contributed by atoms with van der Waals surface area (Å²) in [5, 5.41) is 45.1. The van der Waals surface area contributed by atoms with Crippen LogP contribution in [0.5, 0.6) is 5.75 Å². The highest BCUT2D eigenvalue weighted by molar-refractivity contribution is 6.24. The number of rotatable bonds is 5. The van der Waals surface area contributed by atoms with Crippen molar-refractivity contribution in [2.45, 2.75) is 43.9 Å². The molecule has 0 radical (unpaired) electrons. The fourth-order valence-corrected chi connectivity index (χ4v) is 7.50. The molecule has 2 aromatic carbocycles. The molecule has 2 aromatic rings. The molecule has 220 valence electrons. The molecule has 10 nitrogen and oxygen atoms in total. The quantitative estimate of drug-likeness (QED) is 0.337. The maximum absolute atomic E-state index is 14.0. The number of aliphatic hydroxyl groups excluding tert-OH is 2. The number of ketones is 2. The highest BCUT2D eigenvalue weighted by Crippen LogP contribution is 2.53. The molecule has 4 unspecified atom stereocenters. The Morgan fingerprint density at radius 3 is 2.33 bits per heavy atom. The van der Waals surface area contributed by atoms with Crippen LogP contribution in [0.2, 0.25) is 0 Å². The van der Waals surface area contributed by atoms with Crippen LogP contribution in [0, 0.1) is 11.8 Å². The Morgan fingerprint density at radius 1 is 1.05 bits per heavy atom. The molecule has 3 aliphatic carbocycles. The average Bonchev–Trinajstić information content (AvgIpc) is 3.44. The number of amides is 1. The second-order valence-corrected chi connectivity index (χ2v) is 12.1. The van der Waals surface area contributed by atoms with Crippen molar-refractivity contribution in [2.75, 3.05) is 27.2 Å². The molecular formula is C32H35N3O7. The number of likely N-dealkylation sites (N-methyl/N-ethyl adjacent to an activating group) is 1. The van der Waals surface area contributed by atoms with Crippen LogP contribution >= 0.6 is 0 Å². The molecule has 1 saturated heterocycles. The van der Waals surface area contributed by atoms with Crippen molar-refractivity contribution in [3.05, 3.63) is 70.0 Å². The van der Waals surface area contributed by atoms with Crippen LogP contribution in [0.4, 0.5) is 0 Å². The van der Waals surface area contributed by atoms with Gasteiger partial charge in [-0.1, -0.05) is 30.3 Å². The number of likely N-dealkylation sites (tertiary alicyclic amines) is 1. The Balaban J connectivity index is 1.45. The number of carbonyl (C=O) groups excluding carboxylic acids is 3. The molecule has 1 amide bonds. The van der Waals surface area contributed by atoms with E-state index < -0.39 is 58.0 Å². The summed E-state index contributed by atoms with van der Waals surface area (Å²) in [5.41, 5.74) is 5.35. The Labute approximate surface area is 243 Å². The fraction of sp³-hybridized carbons (Fsp3) is 0.406. The summed E-state index contributed by atoms with van der Waals surface area (Å²) in [6.45, 7) is 3.06. The van der Waals surface area contributed by atoms with E-state index >= 15 is 0 Å². The average molecular weight is 574 g/mol. The molecule has 10 heteroatoms. The molecule has 2 fully saturated rings. The number of primary amides is 1. The molecule has 0 spiro atoms. The molecule has 6 N–H and O–H groups in total. The summed E-state index contributed by atoms with van der Waals surface area (Å²) in [6, 6.07) is 10.3. The second-order valence-electron chi connectivity index (χ2n) is 12.1. The smallest absolute Gasteiger partial charge is 0.255 e. The summed E-state index contributed by atoms with van der Waals surface area (Å²) in [6.07, 6.45) is 2.72. The van der Waals surface area contributed by atoms with Gasteiger partial charge in [0.25, 0.3) is 5.91 Å². The van der Waals surface area contributed by atoms with Gasteiger partial charge in [-0.15, -0.1) is 0 Å². The van der Waals surface area contributed by atoms with Crippen molar-refractivity contribution in [3.63, 3.8) is 0 Å². The van der Waals surface area contributed by atoms with Crippen LogP contribution in [-0.4, -0.2) is 86.5 Å². The summed E-state index contributed by atoms with van der Waals surface area (Å²) in [4.78, 5) is 43.3. The Hall–Kier alpha value is -3.99. The number of phenolic OH excluding ortho intramolecular Hbond substituents is 1. The normalized spacial score (nSPS) is 27.8. The number of aromatic hydroxyl groups is 1. The second kappa shape index (κ2) is 10.1. The van der Waals surface area contributed by atoms with E-state index in [1.165, 1.54) is 29.4 Å². The third kappa shape index (κ3) is 4.08. The molecule has 1 aliphatic heterocycles. The van der Waals surface area contributed by atoms with Gasteiger partial charge in [0.2, 0.25) is 5.78 Å². The molecule has 1 heterocycles. The SMILES string of the molecule is CN(C)C1C(=O)C(C(N)=O)=C(O)C2(O)C(=O)C3=C(O)c4c(O)ccc(-c5ccc(CN6CCCC6)cc5)c4CC3CC12. The van der Waals surface area contributed by atoms with Gasteiger partial charge in [0.05, 0.1) is 11.6 Å². The number of hydrogen-bond donors (Lipinski definition) is 5. The first-order chi connectivity index (χ1) is 19.9. The summed E-state index contributed by atoms with van der Waals surface area (Å²) in [5.74, 6) is -6.59. The van der Waals surface area contributed by atoms with E-state index in [2.05, 4.69) is 17.0 Å². The fourth-order valence-electron chi connectivity index (χ4n) is 7.50. The first-order valence-corrected chi connectivity index (χ1v) is 14.3. The number of hydrogen-bond acceptors (Lipinski definition) is 9. The predicted octanol–water partition coefficient (Wildman–Crippen LogP) is 2.23. The van der Waals surface area contributed by atoms with Crippen molar-refractivity contribution in [3.8, 4) is 16.9 Å². The number of nitrogens with two attached hydrogens (primary N) is 1. The third-order valence-electron chi connectivity index (χ3n) is 9.47.